The Kier molecular flexibility index (Phi) is 3.87. The van der Waals surface area contributed by atoms with Gasteiger partial charge in [0.25, 0.3) is 0 Å². The first-order valence-electron chi connectivity index (χ1n) is 8.12. The predicted molar refractivity (Wildman–Crippen MR) is 91.3 cm³/mol. The van der Waals surface area contributed by atoms with Gasteiger partial charge in [0.15, 0.2) is 11.3 Å². The lowest BCUT2D eigenvalue weighted by atomic mass is 10.3. The van der Waals surface area contributed by atoms with Gasteiger partial charge in [-0.25, -0.2) is 9.97 Å². The highest BCUT2D eigenvalue weighted by Crippen LogP contribution is 2.32. The quantitative estimate of drug-likeness (QED) is 0.614. The first-order valence-corrected chi connectivity index (χ1v) is 8.12. The van der Waals surface area contributed by atoms with Crippen LogP contribution in [-0.2, 0) is 13.2 Å². The molecule has 1 saturated carbocycles. The standard InChI is InChI=1S/C15H16F3N9/c1-27-12-8(4-23-27)11(25-13(26-12)22-7-14(19)2-3-14)24-10-6-20-9(5-21-10)15(16,17)18/h4-6H,2-3,7,19H2,1H3,(H2,21,22,24,25,26). The Morgan fingerprint density at radius 2 is 1.96 bits per heavy atom. The average Bonchev–Trinajstić information content (AvgIpc) is 3.24. The number of hydrogen-bond donors (Lipinski definition) is 3. The molecule has 27 heavy (non-hydrogen) atoms. The molecule has 3 aromatic rings. The summed E-state index contributed by atoms with van der Waals surface area (Å²) in [5.41, 5.74) is 5.31. The third-order valence-electron chi connectivity index (χ3n) is 4.27. The van der Waals surface area contributed by atoms with Crippen molar-refractivity contribution in [3.8, 4) is 0 Å². The maximum Gasteiger partial charge on any atom is 0.434 e. The summed E-state index contributed by atoms with van der Waals surface area (Å²) >= 11 is 0. The van der Waals surface area contributed by atoms with E-state index in [2.05, 4.69) is 35.7 Å². The predicted octanol–water partition coefficient (Wildman–Crippen LogP) is 1.82. The van der Waals surface area contributed by atoms with E-state index in [-0.39, 0.29) is 11.4 Å². The Bertz CT molecular complexity index is 977. The minimum absolute atomic E-state index is 0.121. The van der Waals surface area contributed by atoms with Crippen LogP contribution in [0.2, 0.25) is 0 Å². The number of aromatic nitrogens is 6. The molecule has 1 aliphatic carbocycles. The van der Waals surface area contributed by atoms with E-state index < -0.39 is 11.9 Å². The Morgan fingerprint density at radius 3 is 2.59 bits per heavy atom. The molecule has 0 amide bonds. The van der Waals surface area contributed by atoms with E-state index in [4.69, 9.17) is 5.73 Å². The van der Waals surface area contributed by atoms with Gasteiger partial charge in [0, 0.05) is 19.1 Å². The molecule has 0 spiro atoms. The van der Waals surface area contributed by atoms with Gasteiger partial charge in [0.1, 0.15) is 11.6 Å². The Hall–Kier alpha value is -3.02. The largest absolute Gasteiger partial charge is 0.434 e. The number of nitrogens with one attached hydrogen (secondary N) is 2. The van der Waals surface area contributed by atoms with Crippen molar-refractivity contribution in [3.63, 3.8) is 0 Å². The van der Waals surface area contributed by atoms with Crippen LogP contribution in [0.5, 0.6) is 0 Å². The summed E-state index contributed by atoms with van der Waals surface area (Å²) < 4.78 is 39.4. The van der Waals surface area contributed by atoms with Gasteiger partial charge in [0.05, 0.1) is 24.0 Å². The van der Waals surface area contributed by atoms with Gasteiger partial charge in [0.2, 0.25) is 5.95 Å². The van der Waals surface area contributed by atoms with Crippen LogP contribution < -0.4 is 16.4 Å². The van der Waals surface area contributed by atoms with Crippen LogP contribution in [0.1, 0.15) is 18.5 Å². The van der Waals surface area contributed by atoms with Gasteiger partial charge in [-0.2, -0.15) is 28.2 Å². The lowest BCUT2D eigenvalue weighted by Gasteiger charge is -2.12. The molecule has 4 rings (SSSR count). The van der Waals surface area contributed by atoms with E-state index in [0.29, 0.717) is 35.5 Å². The van der Waals surface area contributed by atoms with E-state index in [0.717, 1.165) is 19.0 Å². The van der Waals surface area contributed by atoms with Crippen molar-refractivity contribution < 1.29 is 13.2 Å². The molecule has 3 aromatic heterocycles. The van der Waals surface area contributed by atoms with Gasteiger partial charge in [-0.05, 0) is 12.8 Å². The van der Waals surface area contributed by atoms with Crippen LogP contribution in [0.25, 0.3) is 11.0 Å². The number of hydrogen-bond acceptors (Lipinski definition) is 8. The highest BCUT2D eigenvalue weighted by molar-refractivity contribution is 5.89. The molecule has 4 N–H and O–H groups in total. The molecule has 0 atom stereocenters. The van der Waals surface area contributed by atoms with E-state index in [1.807, 2.05) is 0 Å². The number of halogens is 3. The SMILES string of the molecule is Cn1ncc2c(Nc3cnc(C(F)(F)F)cn3)nc(NCC3(N)CC3)nc21. The summed E-state index contributed by atoms with van der Waals surface area (Å²) in [6.45, 7) is 0.524. The van der Waals surface area contributed by atoms with E-state index in [9.17, 15) is 13.2 Å². The normalized spacial score (nSPS) is 15.7. The van der Waals surface area contributed by atoms with Crippen molar-refractivity contribution in [1.29, 1.82) is 0 Å². The van der Waals surface area contributed by atoms with Crippen LogP contribution >= 0.6 is 0 Å². The lowest BCUT2D eigenvalue weighted by Crippen LogP contribution is -2.31. The van der Waals surface area contributed by atoms with Crippen molar-refractivity contribution >= 4 is 28.6 Å². The smallest absolute Gasteiger partial charge is 0.352 e. The second-order valence-electron chi connectivity index (χ2n) is 6.53. The van der Waals surface area contributed by atoms with Crippen LogP contribution in [0.15, 0.2) is 18.6 Å². The number of nitrogens with two attached hydrogens (primary N) is 1. The lowest BCUT2D eigenvalue weighted by molar-refractivity contribution is -0.141. The number of anilines is 3. The first kappa shape index (κ1) is 17.4. The second-order valence-corrected chi connectivity index (χ2v) is 6.53. The maximum atomic E-state index is 12.6. The van der Waals surface area contributed by atoms with Crippen molar-refractivity contribution in [2.24, 2.45) is 12.8 Å². The number of aryl methyl sites for hydroxylation is 1. The van der Waals surface area contributed by atoms with Crippen LogP contribution in [0, 0.1) is 0 Å². The van der Waals surface area contributed by atoms with Crippen molar-refractivity contribution in [1.82, 2.24) is 29.7 Å². The Balaban J connectivity index is 1.63. The van der Waals surface area contributed by atoms with Crippen LogP contribution in [-0.4, -0.2) is 41.8 Å². The van der Waals surface area contributed by atoms with E-state index in [1.54, 1.807) is 17.9 Å². The summed E-state index contributed by atoms with van der Waals surface area (Å²) in [7, 11) is 1.73. The number of rotatable bonds is 5. The zero-order valence-electron chi connectivity index (χ0n) is 14.2. The maximum absolute atomic E-state index is 12.6. The van der Waals surface area contributed by atoms with Crippen LogP contribution in [0.4, 0.5) is 30.8 Å². The molecule has 0 aromatic carbocycles. The van der Waals surface area contributed by atoms with Gasteiger partial charge in [-0.3, -0.25) is 4.68 Å². The highest BCUT2D eigenvalue weighted by Gasteiger charge is 2.38. The third-order valence-corrected chi connectivity index (χ3v) is 4.27. The van der Waals surface area contributed by atoms with E-state index >= 15 is 0 Å². The molecule has 3 heterocycles. The van der Waals surface area contributed by atoms with Gasteiger partial charge in [-0.15, -0.1) is 0 Å². The second kappa shape index (κ2) is 6.01. The average molecular weight is 379 g/mol. The fourth-order valence-corrected chi connectivity index (χ4v) is 2.45. The fourth-order valence-electron chi connectivity index (χ4n) is 2.45. The Morgan fingerprint density at radius 1 is 1.19 bits per heavy atom. The molecule has 142 valence electrons. The molecule has 0 saturated heterocycles. The van der Waals surface area contributed by atoms with Gasteiger partial charge in [-0.1, -0.05) is 0 Å². The summed E-state index contributed by atoms with van der Waals surface area (Å²) in [5, 5.41) is 10.7. The van der Waals surface area contributed by atoms with Gasteiger partial charge < -0.3 is 16.4 Å². The molecule has 0 unspecified atom stereocenters. The molecule has 12 heteroatoms. The summed E-state index contributed by atoms with van der Waals surface area (Å²) in [6, 6.07) is 0. The van der Waals surface area contributed by atoms with Crippen molar-refractivity contribution in [2.45, 2.75) is 24.6 Å². The first-order chi connectivity index (χ1) is 12.7. The summed E-state index contributed by atoms with van der Waals surface area (Å²) in [4.78, 5) is 15.9. The van der Waals surface area contributed by atoms with Gasteiger partial charge >= 0.3 is 6.18 Å². The topological polar surface area (TPSA) is 119 Å². The number of fused-ring (bicyclic) bond motifs is 1. The Labute approximate surface area is 151 Å². The summed E-state index contributed by atoms with van der Waals surface area (Å²) in [6.07, 6.45) is 0.535. The monoisotopic (exact) mass is 379 g/mol. The highest BCUT2D eigenvalue weighted by atomic mass is 19.4. The molecular formula is C15H16F3N9. The summed E-state index contributed by atoms with van der Waals surface area (Å²) in [5.74, 6) is 0.812. The number of nitrogens with zero attached hydrogens (tertiary/aromatic N) is 6. The zero-order valence-corrected chi connectivity index (χ0v) is 14.2. The fraction of sp³-hybridized carbons (Fsp3) is 0.400. The molecule has 0 radical (unpaired) electrons. The molecular weight excluding hydrogens is 363 g/mol. The molecule has 0 aliphatic heterocycles. The molecule has 1 aliphatic rings. The zero-order chi connectivity index (χ0) is 19.2. The van der Waals surface area contributed by atoms with E-state index in [1.165, 1.54) is 0 Å². The molecule has 1 fully saturated rings. The van der Waals surface area contributed by atoms with Crippen LogP contribution in [0.3, 0.4) is 0 Å². The minimum Gasteiger partial charge on any atom is -0.352 e. The van der Waals surface area contributed by atoms with Crippen molar-refractivity contribution in [2.75, 3.05) is 17.2 Å². The third kappa shape index (κ3) is 3.60. The van der Waals surface area contributed by atoms with Crippen molar-refractivity contribution in [3.05, 3.63) is 24.3 Å². The molecule has 0 bridgehead atoms. The molecule has 9 nitrogen and oxygen atoms in total. The number of alkyl halides is 3. The minimum atomic E-state index is -4.55.